The van der Waals surface area contributed by atoms with Crippen LogP contribution in [0.15, 0.2) is 36.6 Å². The van der Waals surface area contributed by atoms with Crippen molar-refractivity contribution in [2.24, 2.45) is 0 Å². The van der Waals surface area contributed by atoms with E-state index in [1.54, 1.807) is 26.1 Å². The largest absolute Gasteiger partial charge is 0.461 e. The minimum absolute atomic E-state index is 0.360. The second-order valence-corrected chi connectivity index (χ2v) is 2.31. The molecule has 0 fully saturated rings. The normalized spacial score (nSPS) is 10.5. The summed E-state index contributed by atoms with van der Waals surface area (Å²) in [7, 11) is 1.65. The third kappa shape index (κ3) is 4.15. The molecule has 0 rings (SSSR count). The summed E-state index contributed by atoms with van der Waals surface area (Å²) in [4.78, 5) is 11.2. The van der Waals surface area contributed by atoms with Crippen molar-refractivity contribution in [1.29, 1.82) is 0 Å². The third-order valence-corrected chi connectivity index (χ3v) is 1.36. The van der Waals surface area contributed by atoms with Gasteiger partial charge in [0.1, 0.15) is 5.70 Å². The highest BCUT2D eigenvalue weighted by atomic mass is 16.5. The Hall–Kier alpha value is -1.51. The molecule has 13 heavy (non-hydrogen) atoms. The molecule has 0 aromatic heterocycles. The van der Waals surface area contributed by atoms with Gasteiger partial charge in [0.05, 0.1) is 6.61 Å². The van der Waals surface area contributed by atoms with Crippen molar-refractivity contribution in [2.75, 3.05) is 13.7 Å². The zero-order valence-corrected chi connectivity index (χ0v) is 8.09. The predicted octanol–water partition coefficient (Wildman–Crippen LogP) is 1.40. The summed E-state index contributed by atoms with van der Waals surface area (Å²) in [6.45, 7) is 9.31. The summed E-state index contributed by atoms with van der Waals surface area (Å²) < 4.78 is 4.80. The fourth-order valence-electron chi connectivity index (χ4n) is 0.686. The summed E-state index contributed by atoms with van der Waals surface area (Å²) in [6, 6.07) is 0. The Labute approximate surface area is 78.8 Å². The van der Waals surface area contributed by atoms with Crippen molar-refractivity contribution in [3.63, 3.8) is 0 Å². The minimum atomic E-state index is -0.381. The first kappa shape index (κ1) is 11.5. The second-order valence-electron chi connectivity index (χ2n) is 2.31. The van der Waals surface area contributed by atoms with Crippen molar-refractivity contribution < 1.29 is 9.53 Å². The monoisotopic (exact) mass is 181 g/mol. The molecule has 0 saturated heterocycles. The molecule has 72 valence electrons. The zero-order chi connectivity index (χ0) is 10.3. The number of allylic oxidation sites excluding steroid dienone is 3. The van der Waals surface area contributed by atoms with Gasteiger partial charge >= 0.3 is 5.97 Å². The van der Waals surface area contributed by atoms with E-state index in [-0.39, 0.29) is 5.97 Å². The molecule has 3 nitrogen and oxygen atoms in total. The first-order chi connectivity index (χ1) is 6.15. The molecule has 0 saturated carbocycles. The van der Waals surface area contributed by atoms with Gasteiger partial charge in [-0.3, -0.25) is 0 Å². The van der Waals surface area contributed by atoms with Gasteiger partial charge in [0.2, 0.25) is 0 Å². The van der Waals surface area contributed by atoms with Crippen molar-refractivity contribution in [1.82, 2.24) is 5.32 Å². The molecule has 0 aromatic rings. The van der Waals surface area contributed by atoms with Crippen LogP contribution in [0, 0.1) is 0 Å². The Morgan fingerprint density at radius 3 is 2.62 bits per heavy atom. The lowest BCUT2D eigenvalue weighted by molar-refractivity contribution is -0.138. The van der Waals surface area contributed by atoms with E-state index in [1.807, 2.05) is 0 Å². The minimum Gasteiger partial charge on any atom is -0.461 e. The molecule has 0 atom stereocenters. The van der Waals surface area contributed by atoms with Crippen LogP contribution in [0.25, 0.3) is 0 Å². The van der Waals surface area contributed by atoms with Crippen LogP contribution in [0.4, 0.5) is 0 Å². The van der Waals surface area contributed by atoms with Gasteiger partial charge in [0, 0.05) is 7.05 Å². The number of ether oxygens (including phenoxy) is 1. The smallest absolute Gasteiger partial charge is 0.354 e. The fourth-order valence-corrected chi connectivity index (χ4v) is 0.686. The molecule has 0 heterocycles. The number of likely N-dealkylation sites (N-methyl/N-ethyl adjacent to an activating group) is 1. The standard InChI is InChI=1S/C10H15NO2/c1-5-8(3)7-9(11-4)10(12)13-6-2/h5,7,11H,1,3,6H2,2,4H3/b9-7-. The van der Waals surface area contributed by atoms with Gasteiger partial charge in [-0.05, 0) is 18.6 Å². The maximum absolute atomic E-state index is 11.2. The number of nitrogens with one attached hydrogen (secondary N) is 1. The molecule has 0 bridgehead atoms. The van der Waals surface area contributed by atoms with Crippen LogP contribution < -0.4 is 5.32 Å². The Bertz CT molecular complexity index is 241. The van der Waals surface area contributed by atoms with Crippen LogP contribution in [0.2, 0.25) is 0 Å². The van der Waals surface area contributed by atoms with E-state index in [0.717, 1.165) is 0 Å². The third-order valence-electron chi connectivity index (χ3n) is 1.36. The number of hydrogen-bond donors (Lipinski definition) is 1. The van der Waals surface area contributed by atoms with Crippen molar-refractivity contribution >= 4 is 5.97 Å². The second kappa shape index (κ2) is 6.06. The van der Waals surface area contributed by atoms with E-state index in [9.17, 15) is 4.79 Å². The van der Waals surface area contributed by atoms with Crippen LogP contribution in [-0.4, -0.2) is 19.6 Å². The van der Waals surface area contributed by atoms with Gasteiger partial charge in [0.15, 0.2) is 0 Å². The highest BCUT2D eigenvalue weighted by Gasteiger charge is 2.07. The molecule has 0 aliphatic carbocycles. The number of esters is 1. The first-order valence-corrected chi connectivity index (χ1v) is 4.03. The molecule has 1 N–H and O–H groups in total. The van der Waals surface area contributed by atoms with Gasteiger partial charge in [0.25, 0.3) is 0 Å². The summed E-state index contributed by atoms with van der Waals surface area (Å²) in [5, 5.41) is 2.73. The van der Waals surface area contributed by atoms with E-state index < -0.39 is 0 Å². The van der Waals surface area contributed by atoms with Crippen LogP contribution in [-0.2, 0) is 9.53 Å². The maximum atomic E-state index is 11.2. The molecule has 0 radical (unpaired) electrons. The Morgan fingerprint density at radius 2 is 2.23 bits per heavy atom. The van der Waals surface area contributed by atoms with Gasteiger partial charge in [-0.15, -0.1) is 0 Å². The summed E-state index contributed by atoms with van der Waals surface area (Å²) >= 11 is 0. The Kier molecular flexibility index (Phi) is 5.35. The maximum Gasteiger partial charge on any atom is 0.354 e. The molecular formula is C10H15NO2. The topological polar surface area (TPSA) is 38.3 Å². The number of hydrogen-bond acceptors (Lipinski definition) is 3. The molecule has 0 aliphatic heterocycles. The van der Waals surface area contributed by atoms with E-state index in [4.69, 9.17) is 4.74 Å². The first-order valence-electron chi connectivity index (χ1n) is 4.03. The molecule has 0 aromatic carbocycles. The summed E-state index contributed by atoms with van der Waals surface area (Å²) in [5.41, 5.74) is 1.05. The predicted molar refractivity (Wildman–Crippen MR) is 53.1 cm³/mol. The molecule has 0 aliphatic rings. The lowest BCUT2D eigenvalue weighted by atomic mass is 10.2. The Balaban J connectivity index is 4.48. The van der Waals surface area contributed by atoms with Gasteiger partial charge in [-0.25, -0.2) is 4.79 Å². The van der Waals surface area contributed by atoms with Crippen molar-refractivity contribution in [3.05, 3.63) is 36.6 Å². The fraction of sp³-hybridized carbons (Fsp3) is 0.300. The molecule has 0 unspecified atom stereocenters. The number of rotatable bonds is 5. The van der Waals surface area contributed by atoms with Crippen LogP contribution in [0.5, 0.6) is 0 Å². The van der Waals surface area contributed by atoms with Gasteiger partial charge in [-0.2, -0.15) is 0 Å². The number of carbonyl (C=O) groups excluding carboxylic acids is 1. The van der Waals surface area contributed by atoms with Crippen LogP contribution >= 0.6 is 0 Å². The SMILES string of the molecule is C=CC(=C)/C=C(\NC)C(=O)OCC. The lowest BCUT2D eigenvalue weighted by Gasteiger charge is -2.05. The summed E-state index contributed by atoms with van der Waals surface area (Å²) in [5.74, 6) is -0.381. The summed E-state index contributed by atoms with van der Waals surface area (Å²) in [6.07, 6.45) is 3.15. The lowest BCUT2D eigenvalue weighted by Crippen LogP contribution is -2.18. The zero-order valence-electron chi connectivity index (χ0n) is 8.09. The van der Waals surface area contributed by atoms with E-state index in [2.05, 4.69) is 18.5 Å². The highest BCUT2D eigenvalue weighted by molar-refractivity contribution is 5.88. The van der Waals surface area contributed by atoms with Crippen molar-refractivity contribution in [2.45, 2.75) is 6.92 Å². The van der Waals surface area contributed by atoms with Gasteiger partial charge < -0.3 is 10.1 Å². The van der Waals surface area contributed by atoms with Crippen LogP contribution in [0.3, 0.4) is 0 Å². The van der Waals surface area contributed by atoms with Crippen molar-refractivity contribution in [3.8, 4) is 0 Å². The van der Waals surface area contributed by atoms with Gasteiger partial charge in [-0.1, -0.05) is 19.2 Å². The average molecular weight is 181 g/mol. The quantitative estimate of drug-likeness (QED) is 0.396. The molecule has 3 heteroatoms. The van der Waals surface area contributed by atoms with E-state index in [1.165, 1.54) is 0 Å². The highest BCUT2D eigenvalue weighted by Crippen LogP contribution is 2.00. The molecular weight excluding hydrogens is 166 g/mol. The van der Waals surface area contributed by atoms with E-state index >= 15 is 0 Å². The molecule has 0 spiro atoms. The number of carbonyl (C=O) groups is 1. The van der Waals surface area contributed by atoms with E-state index in [0.29, 0.717) is 17.9 Å². The van der Waals surface area contributed by atoms with Crippen LogP contribution in [0.1, 0.15) is 6.92 Å². The Morgan fingerprint density at radius 1 is 1.62 bits per heavy atom. The average Bonchev–Trinajstić information content (AvgIpc) is 2.14. The molecule has 0 amide bonds.